The number of hydrogen-bond donors (Lipinski definition) is 2. The van der Waals surface area contributed by atoms with Crippen LogP contribution in [0.25, 0.3) is 0 Å². The van der Waals surface area contributed by atoms with Gasteiger partial charge in [0, 0.05) is 23.9 Å². The molecule has 0 aliphatic heterocycles. The van der Waals surface area contributed by atoms with Gasteiger partial charge in [0.15, 0.2) is 15.8 Å². The van der Waals surface area contributed by atoms with Crippen molar-refractivity contribution in [1.82, 2.24) is 10.6 Å². The maximum atomic E-state index is 11.5. The highest BCUT2D eigenvalue weighted by atomic mass is 35.5. The van der Waals surface area contributed by atoms with Crippen LogP contribution in [0.4, 0.5) is 0 Å². The SMILES string of the molecule is C=CCNC(=NCc1ccc(Cl)cc1)NCCS(=O)(=O)CC. The monoisotopic (exact) mass is 343 g/mol. The first kappa shape index (κ1) is 18.5. The van der Waals surface area contributed by atoms with E-state index in [1.54, 1.807) is 13.0 Å². The smallest absolute Gasteiger partial charge is 0.191 e. The molecule has 0 radical (unpaired) electrons. The Bertz CT molecular complexity index is 598. The number of nitrogens with zero attached hydrogens (tertiary/aromatic N) is 1. The van der Waals surface area contributed by atoms with Crippen LogP contribution in [0.1, 0.15) is 12.5 Å². The highest BCUT2D eigenvalue weighted by Gasteiger charge is 2.07. The van der Waals surface area contributed by atoms with Crippen LogP contribution in [0.2, 0.25) is 5.02 Å². The summed E-state index contributed by atoms with van der Waals surface area (Å²) in [7, 11) is -2.99. The molecule has 122 valence electrons. The van der Waals surface area contributed by atoms with E-state index in [0.717, 1.165) is 5.56 Å². The number of rotatable bonds is 8. The summed E-state index contributed by atoms with van der Waals surface area (Å²) in [6.45, 7) is 6.62. The van der Waals surface area contributed by atoms with Crippen LogP contribution in [-0.2, 0) is 16.4 Å². The lowest BCUT2D eigenvalue weighted by Gasteiger charge is -2.11. The van der Waals surface area contributed by atoms with E-state index in [0.29, 0.717) is 30.6 Å². The van der Waals surface area contributed by atoms with Gasteiger partial charge in [-0.3, -0.25) is 0 Å². The van der Waals surface area contributed by atoms with Crippen LogP contribution in [0, 0.1) is 0 Å². The Kier molecular flexibility index (Phi) is 7.98. The molecule has 0 aliphatic carbocycles. The van der Waals surface area contributed by atoms with Crippen molar-refractivity contribution in [2.24, 2.45) is 4.99 Å². The largest absolute Gasteiger partial charge is 0.355 e. The predicted octanol–water partition coefficient (Wildman–Crippen LogP) is 2.00. The molecule has 0 saturated carbocycles. The van der Waals surface area contributed by atoms with Crippen molar-refractivity contribution >= 4 is 27.4 Å². The van der Waals surface area contributed by atoms with E-state index < -0.39 is 9.84 Å². The van der Waals surface area contributed by atoms with Gasteiger partial charge in [-0.1, -0.05) is 36.7 Å². The average molecular weight is 344 g/mol. The second-order valence-electron chi connectivity index (χ2n) is 4.62. The minimum atomic E-state index is -2.99. The van der Waals surface area contributed by atoms with Crippen LogP contribution < -0.4 is 10.6 Å². The molecule has 2 N–H and O–H groups in total. The van der Waals surface area contributed by atoms with E-state index in [2.05, 4.69) is 22.2 Å². The Morgan fingerprint density at radius 1 is 1.32 bits per heavy atom. The molecule has 0 atom stereocenters. The third-order valence-corrected chi connectivity index (χ3v) is 4.85. The molecule has 0 unspecified atom stereocenters. The van der Waals surface area contributed by atoms with Crippen LogP contribution in [0.15, 0.2) is 41.9 Å². The fraction of sp³-hybridized carbons (Fsp3) is 0.400. The zero-order valence-electron chi connectivity index (χ0n) is 12.7. The number of benzene rings is 1. The van der Waals surface area contributed by atoms with E-state index in [-0.39, 0.29) is 11.5 Å². The van der Waals surface area contributed by atoms with E-state index in [4.69, 9.17) is 11.6 Å². The molecular formula is C15H22ClN3O2S. The van der Waals surface area contributed by atoms with Gasteiger partial charge >= 0.3 is 0 Å². The highest BCUT2D eigenvalue weighted by molar-refractivity contribution is 7.91. The Hall–Kier alpha value is -1.53. The molecule has 0 amide bonds. The Labute approximate surface area is 137 Å². The van der Waals surface area contributed by atoms with Crippen molar-refractivity contribution in [3.05, 3.63) is 47.5 Å². The summed E-state index contributed by atoms with van der Waals surface area (Å²) in [4.78, 5) is 4.42. The summed E-state index contributed by atoms with van der Waals surface area (Å²) < 4.78 is 23.0. The summed E-state index contributed by atoms with van der Waals surface area (Å²) in [5.74, 6) is 0.784. The molecule has 5 nitrogen and oxygen atoms in total. The van der Waals surface area contributed by atoms with Crippen molar-refractivity contribution in [3.63, 3.8) is 0 Å². The number of hydrogen-bond acceptors (Lipinski definition) is 3. The first-order chi connectivity index (χ1) is 10.5. The zero-order chi connectivity index (χ0) is 16.4. The summed E-state index contributed by atoms with van der Waals surface area (Å²) in [6.07, 6.45) is 1.71. The van der Waals surface area contributed by atoms with Gasteiger partial charge < -0.3 is 10.6 Å². The van der Waals surface area contributed by atoms with Gasteiger partial charge in [-0.2, -0.15) is 0 Å². The van der Waals surface area contributed by atoms with Gasteiger partial charge in [0.1, 0.15) is 0 Å². The summed E-state index contributed by atoms with van der Waals surface area (Å²) in [5.41, 5.74) is 1.02. The van der Waals surface area contributed by atoms with Crippen molar-refractivity contribution in [2.45, 2.75) is 13.5 Å². The van der Waals surface area contributed by atoms with Crippen molar-refractivity contribution in [1.29, 1.82) is 0 Å². The minimum absolute atomic E-state index is 0.0826. The van der Waals surface area contributed by atoms with Gasteiger partial charge in [-0.25, -0.2) is 13.4 Å². The molecule has 0 fully saturated rings. The molecule has 1 rings (SSSR count). The van der Waals surface area contributed by atoms with Gasteiger partial charge in [0.05, 0.1) is 12.3 Å². The highest BCUT2D eigenvalue weighted by Crippen LogP contribution is 2.10. The Morgan fingerprint density at radius 3 is 2.59 bits per heavy atom. The molecule has 1 aromatic carbocycles. The standard InChI is InChI=1S/C15H22ClN3O2S/c1-3-9-17-15(18-10-11-22(20,21)4-2)19-12-13-5-7-14(16)8-6-13/h3,5-8H,1,4,9-12H2,2H3,(H2,17,18,19). The van der Waals surface area contributed by atoms with Crippen LogP contribution in [0.3, 0.4) is 0 Å². The van der Waals surface area contributed by atoms with E-state index in [1.807, 2.05) is 24.3 Å². The maximum absolute atomic E-state index is 11.5. The molecule has 0 aromatic heterocycles. The second-order valence-corrected chi connectivity index (χ2v) is 7.53. The van der Waals surface area contributed by atoms with Crippen molar-refractivity contribution in [3.8, 4) is 0 Å². The van der Waals surface area contributed by atoms with Crippen molar-refractivity contribution < 1.29 is 8.42 Å². The molecule has 22 heavy (non-hydrogen) atoms. The summed E-state index contributed by atoms with van der Waals surface area (Å²) >= 11 is 5.84. The predicted molar refractivity (Wildman–Crippen MR) is 93.1 cm³/mol. The fourth-order valence-electron chi connectivity index (χ4n) is 1.57. The quantitative estimate of drug-likeness (QED) is 0.430. The molecule has 0 saturated heterocycles. The number of sulfone groups is 1. The first-order valence-corrected chi connectivity index (χ1v) is 9.24. The molecule has 7 heteroatoms. The Balaban J connectivity index is 2.60. The first-order valence-electron chi connectivity index (χ1n) is 7.05. The number of nitrogens with one attached hydrogen (secondary N) is 2. The van der Waals surface area contributed by atoms with Crippen LogP contribution in [0.5, 0.6) is 0 Å². The second kappa shape index (κ2) is 9.48. The van der Waals surface area contributed by atoms with Crippen LogP contribution >= 0.6 is 11.6 Å². The fourth-order valence-corrected chi connectivity index (χ4v) is 2.40. The summed E-state index contributed by atoms with van der Waals surface area (Å²) in [5, 5.41) is 6.75. The zero-order valence-corrected chi connectivity index (χ0v) is 14.3. The lowest BCUT2D eigenvalue weighted by molar-refractivity contribution is 0.596. The average Bonchev–Trinajstić information content (AvgIpc) is 2.51. The third-order valence-electron chi connectivity index (χ3n) is 2.89. The van der Waals surface area contributed by atoms with Gasteiger partial charge in [-0.05, 0) is 17.7 Å². The lowest BCUT2D eigenvalue weighted by Crippen LogP contribution is -2.39. The maximum Gasteiger partial charge on any atom is 0.191 e. The minimum Gasteiger partial charge on any atom is -0.355 e. The van der Waals surface area contributed by atoms with Crippen molar-refractivity contribution in [2.75, 3.05) is 24.6 Å². The molecule has 0 bridgehead atoms. The van der Waals surface area contributed by atoms with Gasteiger partial charge in [0.25, 0.3) is 0 Å². The van der Waals surface area contributed by atoms with E-state index in [9.17, 15) is 8.42 Å². The summed E-state index contributed by atoms with van der Waals surface area (Å²) in [6, 6.07) is 7.42. The molecular weight excluding hydrogens is 322 g/mol. The van der Waals surface area contributed by atoms with E-state index in [1.165, 1.54) is 0 Å². The number of aliphatic imine (C=N–C) groups is 1. The molecule has 1 aromatic rings. The van der Waals surface area contributed by atoms with Gasteiger partial charge in [0.2, 0.25) is 0 Å². The molecule has 0 heterocycles. The number of halogens is 1. The number of guanidine groups is 1. The van der Waals surface area contributed by atoms with E-state index >= 15 is 0 Å². The lowest BCUT2D eigenvalue weighted by atomic mass is 10.2. The topological polar surface area (TPSA) is 70.6 Å². The Morgan fingerprint density at radius 2 is 2.00 bits per heavy atom. The third kappa shape index (κ3) is 7.47. The molecule has 0 spiro atoms. The van der Waals surface area contributed by atoms with Crippen LogP contribution in [-0.4, -0.2) is 39.0 Å². The van der Waals surface area contributed by atoms with Gasteiger partial charge in [-0.15, -0.1) is 6.58 Å². The molecule has 0 aliphatic rings. The normalized spacial score (nSPS) is 12.0.